The zero-order chi connectivity index (χ0) is 131. The monoisotopic (exact) mass is 1970 g/mol. The van der Waals surface area contributed by atoms with Crippen LogP contribution in [0.4, 0.5) is 14.4 Å². The number of benzene rings is 9. The predicted octanol–water partition coefficient (Wildman–Crippen LogP) is 14.9. The molecular formula is C114H156N12O15. The van der Waals surface area contributed by atoms with Gasteiger partial charge in [-0.1, -0.05) is 300 Å². The largest absolute Gasteiger partial charge is 0.483 e. The lowest BCUT2D eigenvalue weighted by Crippen LogP contribution is -2.59. The van der Waals surface area contributed by atoms with Gasteiger partial charge in [0.25, 0.3) is 17.7 Å². The van der Waals surface area contributed by atoms with Crippen molar-refractivity contribution in [1.29, 1.82) is 0 Å². The summed E-state index contributed by atoms with van der Waals surface area (Å²) in [5, 5.41) is 57.0. The average molecular weight is 1970 g/mol. The third kappa shape index (κ3) is 36.5. The van der Waals surface area contributed by atoms with E-state index in [0.29, 0.717) is 18.7 Å². The predicted molar refractivity (Wildman–Crippen MR) is 559 cm³/mol. The second-order valence-corrected chi connectivity index (χ2v) is 33.4. The number of aliphatic hydroxyl groups is 3. The maximum absolute atomic E-state index is 14.3. The summed E-state index contributed by atoms with van der Waals surface area (Å²) >= 11 is 0. The topological polar surface area (TPSA) is 360 Å². The lowest BCUT2D eigenvalue weighted by Gasteiger charge is -2.37. The third-order valence-electron chi connectivity index (χ3n) is 21.6. The number of carbonyl (C=O) groups excluding carboxylic acids is 9. The van der Waals surface area contributed by atoms with E-state index in [1.54, 1.807) is 123 Å². The van der Waals surface area contributed by atoms with Gasteiger partial charge in [0.05, 0.1) is 36.4 Å². The number of para-hydroxylation sites is 3. The molecule has 27 nitrogen and oxygen atoms in total. The Balaban J connectivity index is 0.000000352. The molecule has 0 aliphatic carbocycles. The van der Waals surface area contributed by atoms with Gasteiger partial charge in [0.1, 0.15) is 35.4 Å². The lowest BCUT2D eigenvalue weighted by molar-refractivity contribution is -0.129. The van der Waals surface area contributed by atoms with Gasteiger partial charge >= 0.3 is 18.1 Å². The molecule has 3 aliphatic rings. The lowest BCUT2D eigenvalue weighted by atomic mass is 9.92. The zero-order valence-electron chi connectivity index (χ0n) is 114. The molecule has 0 unspecified atom stereocenters. The number of nitrogens with zero attached hydrogens (tertiary/aromatic N) is 3. The summed E-state index contributed by atoms with van der Waals surface area (Å²) in [6, 6.07) is 38.4. The minimum atomic E-state index is -3.46. The number of hydrogen-bond acceptors (Lipinski definition) is 15. The summed E-state index contributed by atoms with van der Waals surface area (Å²) < 4.78 is 321. The van der Waals surface area contributed by atoms with E-state index in [4.69, 9.17) is 55.3 Å². The van der Waals surface area contributed by atoms with Crippen molar-refractivity contribution in [2.75, 3.05) is 58.9 Å². The first kappa shape index (κ1) is 71.3. The van der Waals surface area contributed by atoms with Crippen LogP contribution in [0.5, 0.6) is 17.2 Å². The van der Waals surface area contributed by atoms with Gasteiger partial charge in [0, 0.05) is 107 Å². The van der Waals surface area contributed by atoms with Crippen molar-refractivity contribution in [3.63, 3.8) is 0 Å². The van der Waals surface area contributed by atoms with Gasteiger partial charge in [-0.2, -0.15) is 0 Å². The van der Waals surface area contributed by atoms with Crippen LogP contribution in [0.1, 0.15) is 218 Å². The molecule has 762 valence electrons. The van der Waals surface area contributed by atoms with Gasteiger partial charge in [0.2, 0.25) is 17.7 Å². The van der Waals surface area contributed by atoms with Crippen LogP contribution in [0.3, 0.4) is 0 Å². The molecule has 9 aromatic carbocycles. The van der Waals surface area contributed by atoms with E-state index in [1.165, 1.54) is 154 Å². The fraction of sp³-hybridized carbons (Fsp3) is 0.447. The Hall–Kier alpha value is -13.1. The number of aryl methyl sites for hydroxylation is 6. The number of hydrogen-bond donors (Lipinski definition) is 12. The smallest absolute Gasteiger partial charge is 0.318 e. The summed E-state index contributed by atoms with van der Waals surface area (Å²) in [5.41, 5.74) is -0.352. The normalized spacial score (nSPS) is 22.3. The number of aliphatic hydroxyl groups excluding tert-OH is 3. The van der Waals surface area contributed by atoms with Crippen LogP contribution in [0.15, 0.2) is 237 Å². The molecule has 3 aliphatic heterocycles. The summed E-state index contributed by atoms with van der Waals surface area (Å²) in [5.74, 6) is -9.31. The minimum Gasteiger partial charge on any atom is -0.483 e. The summed E-state index contributed by atoms with van der Waals surface area (Å²) in [6.07, 6.45) is -29.7. The Morgan fingerprint density at radius 3 is 0.865 bits per heavy atom. The number of urea groups is 3. The fourth-order valence-corrected chi connectivity index (χ4v) is 15.0. The van der Waals surface area contributed by atoms with E-state index in [-0.39, 0.29) is 72.0 Å². The molecule has 0 spiro atoms. The molecule has 0 aromatic heterocycles. The molecule has 3 fully saturated rings. The first-order valence-corrected chi connectivity index (χ1v) is 44.9. The molecule has 27 heteroatoms. The minimum absolute atomic E-state index is 0. The summed E-state index contributed by atoms with van der Waals surface area (Å²) in [4.78, 5) is 125. The van der Waals surface area contributed by atoms with E-state index in [0.717, 1.165) is 35.4 Å². The van der Waals surface area contributed by atoms with Crippen molar-refractivity contribution in [2.24, 2.45) is 17.8 Å². The summed E-state index contributed by atoms with van der Waals surface area (Å²) in [7, 11) is 0. The van der Waals surface area contributed by atoms with Crippen molar-refractivity contribution in [3.05, 3.63) is 303 Å². The van der Waals surface area contributed by atoms with Crippen LogP contribution in [0.2, 0.25) is 0 Å². The number of rotatable bonds is 45. The molecule has 0 bridgehead atoms. The van der Waals surface area contributed by atoms with Crippen LogP contribution in [0, 0.1) is 59.0 Å². The molecular weight excluding hydrogens is 1780 g/mol. The maximum Gasteiger partial charge on any atom is 0.318 e. The first-order chi connectivity index (χ1) is 80.2. The average Bonchev–Trinajstić information content (AvgIpc) is 0.713. The molecule has 12 amide bonds. The third-order valence-corrected chi connectivity index (χ3v) is 21.6. The Morgan fingerprint density at radius 2 is 0.603 bits per heavy atom. The highest BCUT2D eigenvalue weighted by molar-refractivity contribution is 5.90. The van der Waals surface area contributed by atoms with Crippen LogP contribution in [-0.2, 0) is 67.0 Å². The zero-order valence-corrected chi connectivity index (χ0v) is 77.6. The second kappa shape index (κ2) is 58.8. The van der Waals surface area contributed by atoms with Crippen molar-refractivity contribution >= 4 is 53.5 Å². The van der Waals surface area contributed by atoms with Crippen molar-refractivity contribution in [2.45, 2.75) is 254 Å². The standard InChI is InChI=1S/3C37H48N4O5.3CH4/c3*1-25(2)34(41-20-12-19-38-37(41)45)36(44)39-30(21-28-15-7-5-8-16-28)23-32(42)31(22-29-17-9-6-10-18-29)40-33(43)24-46-35-26(3)13-11-14-27(35)4;;;/h3*5-11,13-18,25,30-32,34,42H,12,19-24H2,1-4H3,(H,38,45)(H,39,44)(H,40,43);3*1H4/t3*30-,31-,32-,34-;;;/m000.../s1/i3D3,4D3,12D2,19D2,20D2,21D2,22D2;12D2,19D2,20D2,21D2,22D2;3D3,4D3,21D2,22D2;;;. The van der Waals surface area contributed by atoms with Crippen LogP contribution < -0.4 is 62.1 Å². The molecule has 141 heavy (non-hydrogen) atoms. The molecule has 3 heterocycles. The van der Waals surface area contributed by atoms with Gasteiger partial charge in [0.15, 0.2) is 19.8 Å². The van der Waals surface area contributed by atoms with Gasteiger partial charge in [-0.05, 0) is 202 Å². The van der Waals surface area contributed by atoms with Gasteiger partial charge in [-0.15, -0.1) is 0 Å². The summed E-state index contributed by atoms with van der Waals surface area (Å²) in [6.45, 7) is -13.9. The SMILES string of the molecule is C.C.C.[2H]C([2H])([2H])c1cccc(C([2H])([2H])[2H])c1OCC(=O)N[C@H]([C@@H](O)C[C@@H](NC(=O)[C@H](C(C)C)N1C(=O)NC([2H])([2H])C([2H])([2H])C1([2H])[2H])C([2H])([2H])c1ccccc1)C([2H])([2H])c1ccccc1.[2H]C([2H])([2H])c1cccc(C([2H])([2H])[2H])c1OCC(=O)N[C@H]([C@@H](O)C[C@@H](NC(=O)[C@H](C(C)C)N1CCCNC1=O)C([2H])([2H])c1ccccc1)C([2H])([2H])c1ccccc1.[2H]C([2H])(c1ccccc1)[C@H](NC(=O)COc1c(C)cccc1C)[C@@H](O)C[C@@H](NC(=O)[C@H](C(C)C)N1C(=O)NC([2H])([2H])C([2H])([2H])C1([2H])[2H])C([2H])([2H])c1ccccc1. The molecule has 12 rings (SSSR count). The van der Waals surface area contributed by atoms with Crippen LogP contribution in [0.25, 0.3) is 0 Å². The highest BCUT2D eigenvalue weighted by atomic mass is 16.5. The van der Waals surface area contributed by atoms with Gasteiger partial charge < -0.3 is 92.1 Å². The Morgan fingerprint density at radius 1 is 0.355 bits per heavy atom. The number of nitrogens with one attached hydrogen (secondary N) is 9. The van der Waals surface area contributed by atoms with Gasteiger partial charge in [-0.25, -0.2) is 14.4 Å². The van der Waals surface area contributed by atoms with Crippen molar-refractivity contribution in [1.82, 2.24) is 62.6 Å². The Bertz CT molecular complexity index is 6970. The molecule has 0 saturated carbocycles. The molecule has 3 saturated heterocycles. The van der Waals surface area contributed by atoms with E-state index < -0.39 is 321 Å². The maximum atomic E-state index is 14.3. The van der Waals surface area contributed by atoms with Crippen molar-refractivity contribution in [3.8, 4) is 17.2 Å². The van der Waals surface area contributed by atoms with Crippen LogP contribution >= 0.6 is 0 Å². The van der Waals surface area contributed by atoms with E-state index in [9.17, 15) is 66.7 Å². The first-order valence-electron chi connectivity index (χ1n) is 62.9. The van der Waals surface area contributed by atoms with Gasteiger partial charge in [-0.3, -0.25) is 28.8 Å². The second-order valence-electron chi connectivity index (χ2n) is 33.4. The molecule has 12 atom stereocenters. The van der Waals surface area contributed by atoms with E-state index in [1.807, 2.05) is 6.07 Å². The van der Waals surface area contributed by atoms with E-state index >= 15 is 0 Å². The highest BCUT2D eigenvalue weighted by Gasteiger charge is 2.40. The molecule has 0 radical (unpaired) electrons. The van der Waals surface area contributed by atoms with Crippen molar-refractivity contribution < 1.29 is 122 Å². The highest BCUT2D eigenvalue weighted by Crippen LogP contribution is 2.29. The number of amides is 12. The quantitative estimate of drug-likeness (QED) is 0.0169. The number of carbonyl (C=O) groups is 9. The fourth-order valence-electron chi connectivity index (χ4n) is 15.0. The number of ether oxygens (including phenoxy) is 3. The molecule has 12 N–H and O–H groups in total. The van der Waals surface area contributed by atoms with Crippen LogP contribution in [-0.4, -0.2) is 215 Å². The Labute approximate surface area is 887 Å². The van der Waals surface area contributed by atoms with E-state index in [2.05, 4.69) is 37.2 Å². The molecule has 9 aromatic rings. The Kier molecular flexibility index (Phi) is 29.8.